The van der Waals surface area contributed by atoms with Crippen molar-refractivity contribution in [1.29, 1.82) is 0 Å². The van der Waals surface area contributed by atoms with Crippen molar-refractivity contribution >= 4 is 35.0 Å². The van der Waals surface area contributed by atoms with Crippen LogP contribution in [0.2, 0.25) is 10.0 Å². The lowest BCUT2D eigenvalue weighted by Gasteiger charge is -2.00. The van der Waals surface area contributed by atoms with Gasteiger partial charge in [0.2, 0.25) is 0 Å². The van der Waals surface area contributed by atoms with Gasteiger partial charge in [-0.15, -0.1) is 11.8 Å². The maximum Gasteiger partial charge on any atom is 0.0463 e. The molecule has 0 aromatic heterocycles. The van der Waals surface area contributed by atoms with Gasteiger partial charge >= 0.3 is 0 Å². The van der Waals surface area contributed by atoms with Crippen molar-refractivity contribution in [2.24, 2.45) is 0 Å². The molecule has 2 aromatic carbocycles. The summed E-state index contributed by atoms with van der Waals surface area (Å²) in [4.78, 5) is 0. The molecule has 0 unspecified atom stereocenters. The van der Waals surface area contributed by atoms with Gasteiger partial charge in [0, 0.05) is 20.5 Å². The van der Waals surface area contributed by atoms with E-state index in [9.17, 15) is 0 Å². The summed E-state index contributed by atoms with van der Waals surface area (Å²) in [5, 5.41) is 2.71. The molecule has 86 valence electrons. The highest BCUT2D eigenvalue weighted by Crippen LogP contribution is 2.65. The molecule has 0 spiro atoms. The standard InChI is InChI=1S/C14H10Cl2S/c15-11-5-1-9(2-6-11)13-14(17-13)10-3-7-12(16)8-4-10/h1-8,13-14H/t13-,14+. The molecule has 3 rings (SSSR count). The molecule has 2 atom stereocenters. The molecule has 0 N–H and O–H groups in total. The Morgan fingerprint density at radius 1 is 0.647 bits per heavy atom. The Bertz CT molecular complexity index is 469. The normalized spacial score (nSPS) is 22.5. The Balaban J connectivity index is 1.78. The van der Waals surface area contributed by atoms with Crippen molar-refractivity contribution in [3.8, 4) is 0 Å². The number of hydrogen-bond donors (Lipinski definition) is 0. The van der Waals surface area contributed by atoms with E-state index in [-0.39, 0.29) is 0 Å². The van der Waals surface area contributed by atoms with E-state index in [0.717, 1.165) is 10.0 Å². The number of benzene rings is 2. The highest BCUT2D eigenvalue weighted by molar-refractivity contribution is 8.06. The summed E-state index contributed by atoms with van der Waals surface area (Å²) >= 11 is 13.7. The molecule has 0 radical (unpaired) electrons. The molecule has 17 heavy (non-hydrogen) atoms. The molecule has 1 aliphatic rings. The Morgan fingerprint density at radius 2 is 1.00 bits per heavy atom. The van der Waals surface area contributed by atoms with Gasteiger partial charge in [0.15, 0.2) is 0 Å². The van der Waals surface area contributed by atoms with Gasteiger partial charge in [0.05, 0.1) is 0 Å². The van der Waals surface area contributed by atoms with Gasteiger partial charge in [-0.1, -0.05) is 47.5 Å². The van der Waals surface area contributed by atoms with Crippen LogP contribution in [0, 0.1) is 0 Å². The maximum absolute atomic E-state index is 5.89. The van der Waals surface area contributed by atoms with Crippen LogP contribution < -0.4 is 0 Å². The minimum Gasteiger partial charge on any atom is -0.143 e. The van der Waals surface area contributed by atoms with E-state index < -0.39 is 0 Å². The Kier molecular flexibility index (Phi) is 3.08. The van der Waals surface area contributed by atoms with Gasteiger partial charge in [-0.3, -0.25) is 0 Å². The second kappa shape index (κ2) is 4.56. The molecule has 1 heterocycles. The van der Waals surface area contributed by atoms with Crippen molar-refractivity contribution in [1.82, 2.24) is 0 Å². The predicted molar refractivity (Wildman–Crippen MR) is 76.0 cm³/mol. The molecule has 0 bridgehead atoms. The zero-order valence-corrected chi connectivity index (χ0v) is 11.3. The quantitative estimate of drug-likeness (QED) is 0.653. The minimum atomic E-state index is 0.563. The third-order valence-corrected chi connectivity index (χ3v) is 4.75. The Labute approximate surface area is 115 Å². The molecular weight excluding hydrogens is 271 g/mol. The van der Waals surface area contributed by atoms with Crippen LogP contribution in [0.1, 0.15) is 21.6 Å². The zero-order chi connectivity index (χ0) is 11.8. The minimum absolute atomic E-state index is 0.563. The van der Waals surface area contributed by atoms with Crippen LogP contribution in [-0.2, 0) is 0 Å². The van der Waals surface area contributed by atoms with Gasteiger partial charge < -0.3 is 0 Å². The van der Waals surface area contributed by atoms with Crippen molar-refractivity contribution in [3.05, 3.63) is 69.7 Å². The smallest absolute Gasteiger partial charge is 0.0463 e. The van der Waals surface area contributed by atoms with Crippen LogP contribution in [0.4, 0.5) is 0 Å². The van der Waals surface area contributed by atoms with E-state index in [1.54, 1.807) is 0 Å². The van der Waals surface area contributed by atoms with E-state index in [1.807, 2.05) is 36.0 Å². The first-order chi connectivity index (χ1) is 8.24. The molecule has 0 amide bonds. The molecule has 1 fully saturated rings. The van der Waals surface area contributed by atoms with Crippen molar-refractivity contribution < 1.29 is 0 Å². The van der Waals surface area contributed by atoms with Crippen LogP contribution >= 0.6 is 35.0 Å². The Hall–Kier alpha value is -0.630. The maximum atomic E-state index is 5.89. The largest absolute Gasteiger partial charge is 0.143 e. The molecule has 1 saturated heterocycles. The second-order valence-corrected chi connectivity index (χ2v) is 6.24. The third kappa shape index (κ3) is 2.47. The lowest BCUT2D eigenvalue weighted by atomic mass is 10.0. The highest BCUT2D eigenvalue weighted by atomic mass is 35.5. The number of halogens is 2. The van der Waals surface area contributed by atoms with Gasteiger partial charge in [-0.2, -0.15) is 0 Å². The van der Waals surface area contributed by atoms with Gasteiger partial charge in [0.1, 0.15) is 0 Å². The van der Waals surface area contributed by atoms with Crippen LogP contribution in [0.3, 0.4) is 0 Å². The molecular formula is C14H10Cl2S. The summed E-state index contributed by atoms with van der Waals surface area (Å²) in [6, 6.07) is 16.2. The van der Waals surface area contributed by atoms with Crippen LogP contribution in [0.15, 0.2) is 48.5 Å². The lowest BCUT2D eigenvalue weighted by molar-refractivity contribution is 1.03. The number of rotatable bonds is 2. The summed E-state index contributed by atoms with van der Waals surface area (Å²) in [5.41, 5.74) is 2.69. The Morgan fingerprint density at radius 3 is 1.35 bits per heavy atom. The molecule has 0 nitrogen and oxygen atoms in total. The predicted octanol–water partition coefficient (Wildman–Crippen LogP) is 5.52. The average molecular weight is 281 g/mol. The SMILES string of the molecule is Clc1ccc([C@H]2S[C@H]2c2ccc(Cl)cc2)cc1. The highest BCUT2D eigenvalue weighted by Gasteiger charge is 2.40. The van der Waals surface area contributed by atoms with E-state index >= 15 is 0 Å². The first kappa shape index (κ1) is 11.5. The van der Waals surface area contributed by atoms with Crippen molar-refractivity contribution in [2.75, 3.05) is 0 Å². The van der Waals surface area contributed by atoms with Gasteiger partial charge in [-0.25, -0.2) is 0 Å². The van der Waals surface area contributed by atoms with E-state index in [2.05, 4.69) is 24.3 Å². The van der Waals surface area contributed by atoms with Crippen molar-refractivity contribution in [3.63, 3.8) is 0 Å². The summed E-state index contributed by atoms with van der Waals surface area (Å²) in [5.74, 6) is 0. The fourth-order valence-electron chi connectivity index (χ4n) is 1.92. The second-order valence-electron chi connectivity index (χ2n) is 4.08. The fraction of sp³-hybridized carbons (Fsp3) is 0.143. The van der Waals surface area contributed by atoms with Gasteiger partial charge in [-0.05, 0) is 35.4 Å². The first-order valence-corrected chi connectivity index (χ1v) is 7.10. The molecule has 0 aliphatic carbocycles. The van der Waals surface area contributed by atoms with Crippen molar-refractivity contribution in [2.45, 2.75) is 10.5 Å². The van der Waals surface area contributed by atoms with Crippen LogP contribution in [0.5, 0.6) is 0 Å². The number of thioether (sulfide) groups is 1. The van der Waals surface area contributed by atoms with E-state index in [4.69, 9.17) is 23.2 Å². The summed E-state index contributed by atoms with van der Waals surface area (Å²) in [6.07, 6.45) is 0. The molecule has 0 saturated carbocycles. The summed E-state index contributed by atoms with van der Waals surface area (Å²) in [7, 11) is 0. The first-order valence-electron chi connectivity index (χ1n) is 5.40. The molecule has 1 aliphatic heterocycles. The summed E-state index contributed by atoms with van der Waals surface area (Å²) in [6.45, 7) is 0. The molecule has 3 heteroatoms. The summed E-state index contributed by atoms with van der Waals surface area (Å²) < 4.78 is 0. The van der Waals surface area contributed by atoms with Gasteiger partial charge in [0.25, 0.3) is 0 Å². The fourth-order valence-corrected chi connectivity index (χ4v) is 3.34. The third-order valence-electron chi connectivity index (χ3n) is 2.89. The average Bonchev–Trinajstić information content (AvgIpc) is 3.11. The monoisotopic (exact) mass is 280 g/mol. The van der Waals surface area contributed by atoms with E-state index in [0.29, 0.717) is 10.5 Å². The van der Waals surface area contributed by atoms with E-state index in [1.165, 1.54) is 11.1 Å². The number of hydrogen-bond acceptors (Lipinski definition) is 1. The molecule has 2 aromatic rings. The lowest BCUT2D eigenvalue weighted by Crippen LogP contribution is -1.84. The van der Waals surface area contributed by atoms with Crippen LogP contribution in [0.25, 0.3) is 0 Å². The zero-order valence-electron chi connectivity index (χ0n) is 8.94. The van der Waals surface area contributed by atoms with Crippen LogP contribution in [-0.4, -0.2) is 0 Å². The topological polar surface area (TPSA) is 0 Å².